The van der Waals surface area contributed by atoms with E-state index in [2.05, 4.69) is 39.1 Å². The number of carbonyl (C=O) groups excluding carboxylic acids is 1. The highest BCUT2D eigenvalue weighted by molar-refractivity contribution is 6.03. The quantitative estimate of drug-likeness (QED) is 0.660. The molecule has 0 unspecified atom stereocenters. The maximum Gasteiger partial charge on any atom is 0.296 e. The van der Waals surface area contributed by atoms with Crippen molar-refractivity contribution in [3.05, 3.63) is 78.5 Å². The van der Waals surface area contributed by atoms with Gasteiger partial charge < -0.3 is 9.32 Å². The molecule has 6 heteroatoms. The van der Waals surface area contributed by atoms with Gasteiger partial charge in [-0.2, -0.15) is 0 Å². The lowest BCUT2D eigenvalue weighted by Crippen LogP contribution is -2.48. The molecule has 0 aliphatic carbocycles. The zero-order valence-corrected chi connectivity index (χ0v) is 15.8. The number of furan rings is 1. The van der Waals surface area contributed by atoms with Crippen LogP contribution in [0.3, 0.4) is 0 Å². The minimum atomic E-state index is -0.182. The van der Waals surface area contributed by atoms with E-state index in [1.807, 2.05) is 6.07 Å². The predicted molar refractivity (Wildman–Crippen MR) is 107 cm³/mol. The van der Waals surface area contributed by atoms with Crippen molar-refractivity contribution in [2.24, 2.45) is 0 Å². The first-order chi connectivity index (χ1) is 13.8. The standard InChI is InChI=1S/C22H24N4O2/c27-21(20-8-4-17-28-20)26(22-23-12-5-13-24-22)19-10-15-25(16-11-19)14-9-18-6-2-1-3-7-18/h1-8,12-13,17,19H,9-11,14-16H2. The van der Waals surface area contributed by atoms with Crippen molar-refractivity contribution >= 4 is 11.9 Å². The summed E-state index contributed by atoms with van der Waals surface area (Å²) in [6, 6.07) is 15.8. The number of benzene rings is 1. The highest BCUT2D eigenvalue weighted by Crippen LogP contribution is 2.23. The van der Waals surface area contributed by atoms with Crippen LogP contribution in [0.5, 0.6) is 0 Å². The van der Waals surface area contributed by atoms with Gasteiger partial charge in [0.2, 0.25) is 5.95 Å². The Bertz CT molecular complexity index is 860. The second kappa shape index (κ2) is 8.80. The monoisotopic (exact) mass is 376 g/mol. The third kappa shape index (κ3) is 4.28. The van der Waals surface area contributed by atoms with E-state index < -0.39 is 0 Å². The average Bonchev–Trinajstić information content (AvgIpc) is 3.30. The van der Waals surface area contributed by atoms with Gasteiger partial charge in [0.05, 0.1) is 6.26 Å². The van der Waals surface area contributed by atoms with E-state index in [9.17, 15) is 4.79 Å². The fourth-order valence-corrected chi connectivity index (χ4v) is 3.69. The van der Waals surface area contributed by atoms with Crippen LogP contribution >= 0.6 is 0 Å². The van der Waals surface area contributed by atoms with Crippen LogP contribution in [0.15, 0.2) is 71.6 Å². The Hall–Kier alpha value is -2.99. The first kappa shape index (κ1) is 18.4. The summed E-state index contributed by atoms with van der Waals surface area (Å²) in [4.78, 5) is 25.8. The van der Waals surface area contributed by atoms with E-state index >= 15 is 0 Å². The Labute approximate surface area is 164 Å². The van der Waals surface area contributed by atoms with Crippen LogP contribution in [0.1, 0.15) is 29.0 Å². The second-order valence-electron chi connectivity index (χ2n) is 7.01. The van der Waals surface area contributed by atoms with Crippen LogP contribution in [0, 0.1) is 0 Å². The first-order valence-corrected chi connectivity index (χ1v) is 9.71. The molecule has 1 fully saturated rings. The van der Waals surface area contributed by atoms with Gasteiger partial charge in [0.1, 0.15) is 0 Å². The number of aromatic nitrogens is 2. The number of hydrogen-bond donors (Lipinski definition) is 0. The number of hydrogen-bond acceptors (Lipinski definition) is 5. The van der Waals surface area contributed by atoms with Crippen LogP contribution in [-0.4, -0.2) is 46.5 Å². The smallest absolute Gasteiger partial charge is 0.296 e. The average molecular weight is 376 g/mol. The van der Waals surface area contributed by atoms with Crippen molar-refractivity contribution < 1.29 is 9.21 Å². The van der Waals surface area contributed by atoms with Crippen molar-refractivity contribution in [1.29, 1.82) is 0 Å². The summed E-state index contributed by atoms with van der Waals surface area (Å²) < 4.78 is 5.34. The van der Waals surface area contributed by atoms with Crippen LogP contribution < -0.4 is 4.90 Å². The molecular weight excluding hydrogens is 352 g/mol. The van der Waals surface area contributed by atoms with Gasteiger partial charge in [0.15, 0.2) is 5.76 Å². The Balaban J connectivity index is 1.42. The molecule has 28 heavy (non-hydrogen) atoms. The molecule has 1 aliphatic rings. The third-order valence-corrected chi connectivity index (χ3v) is 5.20. The lowest BCUT2D eigenvalue weighted by atomic mass is 10.0. The molecule has 0 spiro atoms. The van der Waals surface area contributed by atoms with Gasteiger partial charge in [-0.05, 0) is 43.0 Å². The number of amides is 1. The summed E-state index contributed by atoms with van der Waals surface area (Å²) in [5, 5.41) is 0. The highest BCUT2D eigenvalue weighted by atomic mass is 16.3. The Kier molecular flexibility index (Phi) is 5.77. The van der Waals surface area contributed by atoms with Crippen LogP contribution in [0.25, 0.3) is 0 Å². The van der Waals surface area contributed by atoms with E-state index in [1.165, 1.54) is 11.8 Å². The summed E-state index contributed by atoms with van der Waals surface area (Å²) >= 11 is 0. The fourth-order valence-electron chi connectivity index (χ4n) is 3.69. The maximum atomic E-state index is 13.0. The molecule has 144 valence electrons. The number of rotatable bonds is 6. The summed E-state index contributed by atoms with van der Waals surface area (Å²) in [6.07, 6.45) is 7.67. The van der Waals surface area contributed by atoms with Gasteiger partial charge in [0.25, 0.3) is 5.91 Å². The van der Waals surface area contributed by atoms with Gasteiger partial charge in [-0.3, -0.25) is 9.69 Å². The molecular formula is C22H24N4O2. The molecule has 1 aromatic carbocycles. The summed E-state index contributed by atoms with van der Waals surface area (Å²) in [7, 11) is 0. The lowest BCUT2D eigenvalue weighted by Gasteiger charge is -2.37. The van der Waals surface area contributed by atoms with E-state index in [4.69, 9.17) is 4.42 Å². The first-order valence-electron chi connectivity index (χ1n) is 9.71. The molecule has 1 amide bonds. The van der Waals surface area contributed by atoms with Crippen molar-refractivity contribution in [3.8, 4) is 0 Å². The van der Waals surface area contributed by atoms with E-state index in [-0.39, 0.29) is 11.9 Å². The molecule has 3 aromatic rings. The molecule has 0 N–H and O–H groups in total. The zero-order chi connectivity index (χ0) is 19.2. The Morgan fingerprint density at radius 1 is 1.04 bits per heavy atom. The normalized spacial score (nSPS) is 15.4. The Morgan fingerprint density at radius 2 is 1.79 bits per heavy atom. The molecule has 1 saturated heterocycles. The SMILES string of the molecule is O=C(c1ccco1)N(c1ncccn1)C1CCN(CCc2ccccc2)CC1. The van der Waals surface area contributed by atoms with Crippen molar-refractivity contribution in [2.45, 2.75) is 25.3 Å². The van der Waals surface area contributed by atoms with Crippen LogP contribution in [-0.2, 0) is 6.42 Å². The predicted octanol–water partition coefficient (Wildman–Crippen LogP) is 3.42. The third-order valence-electron chi connectivity index (χ3n) is 5.20. The topological polar surface area (TPSA) is 62.5 Å². The molecule has 3 heterocycles. The molecule has 0 bridgehead atoms. The van der Waals surface area contributed by atoms with Crippen LogP contribution in [0.4, 0.5) is 5.95 Å². The van der Waals surface area contributed by atoms with Crippen molar-refractivity contribution in [1.82, 2.24) is 14.9 Å². The van der Waals surface area contributed by atoms with E-state index in [1.54, 1.807) is 35.5 Å². The van der Waals surface area contributed by atoms with Gasteiger partial charge >= 0.3 is 0 Å². The van der Waals surface area contributed by atoms with Crippen molar-refractivity contribution in [3.63, 3.8) is 0 Å². The molecule has 6 nitrogen and oxygen atoms in total. The summed E-state index contributed by atoms with van der Waals surface area (Å²) in [6.45, 7) is 2.93. The van der Waals surface area contributed by atoms with Gasteiger partial charge in [0, 0.05) is 38.1 Å². The number of nitrogens with zero attached hydrogens (tertiary/aromatic N) is 4. The molecule has 0 saturated carbocycles. The molecule has 4 rings (SSSR count). The fraction of sp³-hybridized carbons (Fsp3) is 0.318. The molecule has 0 atom stereocenters. The Morgan fingerprint density at radius 3 is 2.46 bits per heavy atom. The maximum absolute atomic E-state index is 13.0. The van der Waals surface area contributed by atoms with Gasteiger partial charge in [-0.25, -0.2) is 9.97 Å². The number of piperidine rings is 1. The summed E-state index contributed by atoms with van der Waals surface area (Å²) in [5.41, 5.74) is 1.36. The second-order valence-corrected chi connectivity index (χ2v) is 7.01. The highest BCUT2D eigenvalue weighted by Gasteiger charge is 2.32. The largest absolute Gasteiger partial charge is 0.459 e. The zero-order valence-electron chi connectivity index (χ0n) is 15.8. The van der Waals surface area contributed by atoms with Crippen molar-refractivity contribution in [2.75, 3.05) is 24.5 Å². The minimum Gasteiger partial charge on any atom is -0.459 e. The minimum absolute atomic E-state index is 0.0629. The summed E-state index contributed by atoms with van der Waals surface area (Å²) in [5.74, 6) is 0.574. The molecule has 0 radical (unpaired) electrons. The van der Waals surface area contributed by atoms with Gasteiger partial charge in [-0.15, -0.1) is 0 Å². The number of carbonyl (C=O) groups is 1. The number of likely N-dealkylation sites (tertiary alicyclic amines) is 1. The van der Waals surface area contributed by atoms with Gasteiger partial charge in [-0.1, -0.05) is 30.3 Å². The van der Waals surface area contributed by atoms with E-state index in [0.717, 1.165) is 38.9 Å². The van der Waals surface area contributed by atoms with E-state index in [0.29, 0.717) is 11.7 Å². The molecule has 2 aromatic heterocycles. The van der Waals surface area contributed by atoms with Crippen LogP contribution in [0.2, 0.25) is 0 Å². The lowest BCUT2D eigenvalue weighted by molar-refractivity contribution is 0.0931. The molecule has 1 aliphatic heterocycles. The number of anilines is 1.